The fourth-order valence-corrected chi connectivity index (χ4v) is 2.35. The van der Waals surface area contributed by atoms with Crippen molar-refractivity contribution in [1.29, 1.82) is 0 Å². The molecule has 1 heterocycles. The van der Waals surface area contributed by atoms with Gasteiger partial charge in [0, 0.05) is 17.4 Å². The number of esters is 1. The predicted octanol–water partition coefficient (Wildman–Crippen LogP) is 2.29. The van der Waals surface area contributed by atoms with Crippen molar-refractivity contribution in [2.75, 3.05) is 37.5 Å². The molecule has 0 aliphatic carbocycles. The molecule has 0 bridgehead atoms. The Kier molecular flexibility index (Phi) is 5.03. The van der Waals surface area contributed by atoms with Gasteiger partial charge in [0.2, 0.25) is 5.91 Å². The zero-order valence-electron chi connectivity index (χ0n) is 13.7. The number of anilines is 2. The van der Waals surface area contributed by atoms with Crippen LogP contribution in [0.1, 0.15) is 10.4 Å². The number of hydrogen-bond donors (Lipinski definition) is 2. The second-order valence-corrected chi connectivity index (χ2v) is 5.33. The number of amides is 1. The minimum Gasteiger partial charge on any atom is -0.486 e. The molecule has 0 radical (unpaired) electrons. The van der Waals surface area contributed by atoms with Crippen LogP contribution < -0.4 is 20.1 Å². The molecule has 1 amide bonds. The van der Waals surface area contributed by atoms with Crippen molar-refractivity contribution < 1.29 is 23.8 Å². The molecular weight excluding hydrogens is 324 g/mol. The molecule has 0 fully saturated rings. The first-order valence-electron chi connectivity index (χ1n) is 7.77. The Morgan fingerprint density at radius 1 is 1.00 bits per heavy atom. The van der Waals surface area contributed by atoms with Crippen LogP contribution in [0.2, 0.25) is 0 Å². The van der Waals surface area contributed by atoms with Gasteiger partial charge in [-0.25, -0.2) is 4.79 Å². The van der Waals surface area contributed by atoms with Crippen molar-refractivity contribution >= 4 is 23.3 Å². The molecule has 1 aliphatic rings. The van der Waals surface area contributed by atoms with E-state index in [-0.39, 0.29) is 12.5 Å². The summed E-state index contributed by atoms with van der Waals surface area (Å²) >= 11 is 0. The van der Waals surface area contributed by atoms with Gasteiger partial charge in [-0.1, -0.05) is 0 Å². The van der Waals surface area contributed by atoms with Crippen molar-refractivity contribution in [1.82, 2.24) is 0 Å². The zero-order chi connectivity index (χ0) is 17.6. The molecule has 25 heavy (non-hydrogen) atoms. The predicted molar refractivity (Wildman–Crippen MR) is 92.3 cm³/mol. The van der Waals surface area contributed by atoms with Gasteiger partial charge < -0.3 is 24.8 Å². The Bertz CT molecular complexity index is 774. The monoisotopic (exact) mass is 342 g/mol. The van der Waals surface area contributed by atoms with Crippen LogP contribution in [-0.4, -0.2) is 38.7 Å². The summed E-state index contributed by atoms with van der Waals surface area (Å²) < 4.78 is 15.6. The largest absolute Gasteiger partial charge is 0.486 e. The fraction of sp³-hybridized carbons (Fsp3) is 0.222. The van der Waals surface area contributed by atoms with Gasteiger partial charge in [-0.3, -0.25) is 4.79 Å². The van der Waals surface area contributed by atoms with E-state index in [1.54, 1.807) is 36.4 Å². The van der Waals surface area contributed by atoms with Gasteiger partial charge in [0.25, 0.3) is 0 Å². The van der Waals surface area contributed by atoms with Gasteiger partial charge >= 0.3 is 5.97 Å². The van der Waals surface area contributed by atoms with Crippen molar-refractivity contribution in [3.63, 3.8) is 0 Å². The number of benzene rings is 2. The third-order valence-electron chi connectivity index (χ3n) is 3.59. The van der Waals surface area contributed by atoms with E-state index in [0.29, 0.717) is 36.0 Å². The third-order valence-corrected chi connectivity index (χ3v) is 3.59. The van der Waals surface area contributed by atoms with Crippen molar-refractivity contribution in [2.24, 2.45) is 0 Å². The number of methoxy groups -OCH3 is 1. The first-order valence-corrected chi connectivity index (χ1v) is 7.77. The maximum Gasteiger partial charge on any atom is 0.337 e. The summed E-state index contributed by atoms with van der Waals surface area (Å²) in [7, 11) is 1.32. The molecule has 7 nitrogen and oxygen atoms in total. The molecule has 2 N–H and O–H groups in total. The van der Waals surface area contributed by atoms with E-state index >= 15 is 0 Å². The van der Waals surface area contributed by atoms with Crippen LogP contribution >= 0.6 is 0 Å². The zero-order valence-corrected chi connectivity index (χ0v) is 13.7. The third kappa shape index (κ3) is 4.20. The topological polar surface area (TPSA) is 85.9 Å². The van der Waals surface area contributed by atoms with Crippen LogP contribution in [0.25, 0.3) is 0 Å². The lowest BCUT2D eigenvalue weighted by Crippen LogP contribution is -2.22. The molecule has 0 unspecified atom stereocenters. The summed E-state index contributed by atoms with van der Waals surface area (Å²) in [4.78, 5) is 23.4. The highest BCUT2D eigenvalue weighted by Gasteiger charge is 2.12. The number of nitrogens with one attached hydrogen (secondary N) is 2. The quantitative estimate of drug-likeness (QED) is 0.811. The number of hydrogen-bond acceptors (Lipinski definition) is 6. The second kappa shape index (κ2) is 7.57. The molecule has 7 heteroatoms. The van der Waals surface area contributed by atoms with Gasteiger partial charge in [0.1, 0.15) is 13.2 Å². The first kappa shape index (κ1) is 16.6. The van der Waals surface area contributed by atoms with E-state index in [2.05, 4.69) is 15.4 Å². The Hall–Kier alpha value is -3.22. The maximum absolute atomic E-state index is 12.0. The minimum absolute atomic E-state index is 0.0956. The summed E-state index contributed by atoms with van der Waals surface area (Å²) in [6.07, 6.45) is 0. The highest BCUT2D eigenvalue weighted by Crippen LogP contribution is 2.32. The average molecular weight is 342 g/mol. The van der Waals surface area contributed by atoms with Crippen LogP contribution in [0.4, 0.5) is 11.4 Å². The van der Waals surface area contributed by atoms with E-state index < -0.39 is 5.97 Å². The molecule has 3 rings (SSSR count). The van der Waals surface area contributed by atoms with Crippen LogP contribution in [0.3, 0.4) is 0 Å². The molecule has 0 atom stereocenters. The van der Waals surface area contributed by atoms with Gasteiger partial charge in [-0.2, -0.15) is 0 Å². The molecular formula is C18H18N2O5. The van der Waals surface area contributed by atoms with E-state index in [9.17, 15) is 9.59 Å². The van der Waals surface area contributed by atoms with Crippen molar-refractivity contribution in [3.05, 3.63) is 48.0 Å². The first-order chi connectivity index (χ1) is 12.2. The van der Waals surface area contributed by atoms with E-state index in [1.165, 1.54) is 7.11 Å². The lowest BCUT2D eigenvalue weighted by atomic mass is 10.2. The highest BCUT2D eigenvalue weighted by molar-refractivity contribution is 5.95. The van der Waals surface area contributed by atoms with E-state index in [1.807, 2.05) is 6.07 Å². The molecule has 1 aliphatic heterocycles. The Balaban J connectivity index is 1.53. The van der Waals surface area contributed by atoms with Gasteiger partial charge in [0.15, 0.2) is 11.5 Å². The molecule has 0 aromatic heterocycles. The smallest absolute Gasteiger partial charge is 0.337 e. The molecule has 0 saturated carbocycles. The SMILES string of the molecule is COC(=O)c1ccc(NC(=O)CNc2ccc3c(c2)OCCO3)cc1. The summed E-state index contributed by atoms with van der Waals surface area (Å²) in [5.74, 6) is 0.737. The standard InChI is InChI=1S/C18H18N2O5/c1-23-18(22)12-2-4-13(5-3-12)20-17(21)11-19-14-6-7-15-16(10-14)25-9-8-24-15/h2-7,10,19H,8-9,11H2,1H3,(H,20,21). The molecule has 2 aromatic rings. The number of ether oxygens (including phenoxy) is 3. The fourth-order valence-electron chi connectivity index (χ4n) is 2.35. The molecule has 0 saturated heterocycles. The summed E-state index contributed by atoms with van der Waals surface area (Å²) in [6, 6.07) is 11.9. The normalized spacial score (nSPS) is 12.2. The lowest BCUT2D eigenvalue weighted by Gasteiger charge is -2.19. The van der Waals surface area contributed by atoms with Crippen molar-refractivity contribution in [2.45, 2.75) is 0 Å². The summed E-state index contributed by atoms with van der Waals surface area (Å²) in [5, 5.41) is 5.78. The number of carbonyl (C=O) groups is 2. The second-order valence-electron chi connectivity index (χ2n) is 5.33. The van der Waals surface area contributed by atoms with Gasteiger partial charge in [-0.15, -0.1) is 0 Å². The van der Waals surface area contributed by atoms with Gasteiger partial charge in [-0.05, 0) is 36.4 Å². The van der Waals surface area contributed by atoms with Crippen molar-refractivity contribution in [3.8, 4) is 11.5 Å². The Morgan fingerprint density at radius 3 is 2.40 bits per heavy atom. The summed E-state index contributed by atoms with van der Waals surface area (Å²) in [5.41, 5.74) is 1.79. The van der Waals surface area contributed by atoms with E-state index in [4.69, 9.17) is 9.47 Å². The highest BCUT2D eigenvalue weighted by atomic mass is 16.6. The molecule has 130 valence electrons. The molecule has 2 aromatic carbocycles. The Morgan fingerprint density at radius 2 is 1.68 bits per heavy atom. The number of rotatable bonds is 5. The van der Waals surface area contributed by atoms with Gasteiger partial charge in [0.05, 0.1) is 19.2 Å². The average Bonchev–Trinajstić information content (AvgIpc) is 2.66. The van der Waals surface area contributed by atoms with Crippen LogP contribution in [-0.2, 0) is 9.53 Å². The minimum atomic E-state index is -0.418. The van der Waals surface area contributed by atoms with E-state index in [0.717, 1.165) is 5.69 Å². The maximum atomic E-state index is 12.0. The van der Waals surface area contributed by atoms with Crippen LogP contribution in [0.5, 0.6) is 11.5 Å². The number of fused-ring (bicyclic) bond motifs is 1. The summed E-state index contributed by atoms with van der Waals surface area (Å²) in [6.45, 7) is 1.15. The van der Waals surface area contributed by atoms with Crippen LogP contribution in [0, 0.1) is 0 Å². The Labute approximate surface area is 144 Å². The lowest BCUT2D eigenvalue weighted by molar-refractivity contribution is -0.114. The number of carbonyl (C=O) groups excluding carboxylic acids is 2. The van der Waals surface area contributed by atoms with Crippen LogP contribution in [0.15, 0.2) is 42.5 Å². The molecule has 0 spiro atoms.